The first-order chi connectivity index (χ1) is 3.66. The number of hydrogen-bond acceptors (Lipinski definition) is 0. The predicted molar refractivity (Wildman–Crippen MR) is 37.4 cm³/mol. The number of allylic oxidation sites excluding steroid dienone is 1. The third-order valence-corrected chi connectivity index (χ3v) is 0.859. The summed E-state index contributed by atoms with van der Waals surface area (Å²) in [7, 11) is 0. The molecule has 0 saturated heterocycles. The van der Waals surface area contributed by atoms with Gasteiger partial charge in [0.1, 0.15) is 0 Å². The van der Waals surface area contributed by atoms with Crippen LogP contribution in [0.5, 0.6) is 0 Å². The van der Waals surface area contributed by atoms with E-state index in [9.17, 15) is 0 Å². The van der Waals surface area contributed by atoms with Crippen molar-refractivity contribution in [1.82, 2.24) is 0 Å². The molecule has 0 aromatic heterocycles. The summed E-state index contributed by atoms with van der Waals surface area (Å²) in [6.07, 6.45) is 6.03. The third-order valence-electron chi connectivity index (χ3n) is 0.859. The number of rotatable bonds is 2. The average molecular weight is 108 g/mol. The molecule has 0 aromatic carbocycles. The number of terminal acetylenes is 1. The summed E-state index contributed by atoms with van der Waals surface area (Å²) in [5.74, 6) is 3.14. The maximum absolute atomic E-state index is 5.07. The Morgan fingerprint density at radius 2 is 2.25 bits per heavy atom. The maximum Gasteiger partial charge on any atom is -0.00517 e. The molecule has 0 heteroatoms. The molecule has 0 fully saturated rings. The molecule has 0 heterocycles. The van der Waals surface area contributed by atoms with Gasteiger partial charge in [0.2, 0.25) is 0 Å². The molecular formula is C8H12. The second kappa shape index (κ2) is 3.32. The minimum absolute atomic E-state index is 0.638. The predicted octanol–water partition coefficient (Wildman–Crippen LogP) is 2.22. The lowest BCUT2D eigenvalue weighted by molar-refractivity contribution is 0.653. The molecule has 0 unspecified atom stereocenters. The first-order valence-electron chi connectivity index (χ1n) is 2.81. The highest BCUT2D eigenvalue weighted by Gasteiger charge is 1.92. The second-order valence-corrected chi connectivity index (χ2v) is 2.35. The molecule has 8 heavy (non-hydrogen) atoms. The Balaban J connectivity index is 3.44. The SMILES string of the molecule is C#CC(=C)CC(C)C. The van der Waals surface area contributed by atoms with Gasteiger partial charge in [-0.25, -0.2) is 0 Å². The summed E-state index contributed by atoms with van der Waals surface area (Å²) in [6, 6.07) is 0. The Labute approximate surface area is 51.6 Å². The monoisotopic (exact) mass is 108 g/mol. The largest absolute Gasteiger partial charge is 0.115 e. The van der Waals surface area contributed by atoms with Gasteiger partial charge >= 0.3 is 0 Å². The summed E-state index contributed by atoms with van der Waals surface area (Å²) in [6.45, 7) is 7.93. The van der Waals surface area contributed by atoms with Crippen molar-refractivity contribution in [2.75, 3.05) is 0 Å². The fraction of sp³-hybridized carbons (Fsp3) is 0.500. The summed E-state index contributed by atoms with van der Waals surface area (Å²) in [4.78, 5) is 0. The van der Waals surface area contributed by atoms with E-state index in [-0.39, 0.29) is 0 Å². The standard InChI is InChI=1S/C8H12/c1-5-8(4)6-7(2)3/h1,7H,4,6H2,2-3H3. The van der Waals surface area contributed by atoms with Crippen LogP contribution < -0.4 is 0 Å². The molecular weight excluding hydrogens is 96.1 g/mol. The van der Waals surface area contributed by atoms with Crippen molar-refractivity contribution in [3.8, 4) is 12.3 Å². The second-order valence-electron chi connectivity index (χ2n) is 2.35. The van der Waals surface area contributed by atoms with Gasteiger partial charge in [-0.3, -0.25) is 0 Å². The normalized spacial score (nSPS) is 8.75. The van der Waals surface area contributed by atoms with Crippen LogP contribution in [-0.2, 0) is 0 Å². The Kier molecular flexibility index (Phi) is 3.03. The maximum atomic E-state index is 5.07. The highest BCUT2D eigenvalue weighted by atomic mass is 14.0. The lowest BCUT2D eigenvalue weighted by Gasteiger charge is -1.99. The Morgan fingerprint density at radius 1 is 1.75 bits per heavy atom. The zero-order chi connectivity index (χ0) is 6.57. The third kappa shape index (κ3) is 3.49. The van der Waals surface area contributed by atoms with E-state index in [1.807, 2.05) is 0 Å². The van der Waals surface area contributed by atoms with Crippen molar-refractivity contribution in [3.05, 3.63) is 12.2 Å². The molecule has 0 nitrogen and oxygen atoms in total. The summed E-state index contributed by atoms with van der Waals surface area (Å²) in [5.41, 5.74) is 0.903. The molecule has 0 amide bonds. The van der Waals surface area contributed by atoms with E-state index in [1.165, 1.54) is 0 Å². The highest BCUT2D eigenvalue weighted by Crippen LogP contribution is 2.05. The van der Waals surface area contributed by atoms with Crippen LogP contribution in [0, 0.1) is 18.3 Å². The molecule has 0 radical (unpaired) electrons. The van der Waals surface area contributed by atoms with Crippen molar-refractivity contribution in [2.45, 2.75) is 20.3 Å². The van der Waals surface area contributed by atoms with Crippen LogP contribution in [-0.4, -0.2) is 0 Å². The van der Waals surface area contributed by atoms with Gasteiger partial charge in [-0.05, 0) is 17.9 Å². The van der Waals surface area contributed by atoms with Gasteiger partial charge in [-0.15, -0.1) is 6.42 Å². The van der Waals surface area contributed by atoms with Gasteiger partial charge in [0.25, 0.3) is 0 Å². The molecule has 0 bridgehead atoms. The minimum atomic E-state index is 0.638. The molecule has 0 aliphatic carbocycles. The van der Waals surface area contributed by atoms with Gasteiger partial charge < -0.3 is 0 Å². The van der Waals surface area contributed by atoms with E-state index in [0.29, 0.717) is 5.92 Å². The zero-order valence-corrected chi connectivity index (χ0v) is 5.57. The van der Waals surface area contributed by atoms with Crippen LogP contribution in [0.3, 0.4) is 0 Å². The van der Waals surface area contributed by atoms with Crippen LogP contribution >= 0.6 is 0 Å². The zero-order valence-electron chi connectivity index (χ0n) is 5.57. The van der Waals surface area contributed by atoms with Crippen molar-refractivity contribution < 1.29 is 0 Å². The molecule has 0 atom stereocenters. The van der Waals surface area contributed by atoms with E-state index < -0.39 is 0 Å². The van der Waals surface area contributed by atoms with Crippen LogP contribution in [0.4, 0.5) is 0 Å². The first-order valence-corrected chi connectivity index (χ1v) is 2.81. The van der Waals surface area contributed by atoms with E-state index >= 15 is 0 Å². The van der Waals surface area contributed by atoms with E-state index in [4.69, 9.17) is 6.42 Å². The van der Waals surface area contributed by atoms with E-state index in [1.54, 1.807) is 0 Å². The summed E-state index contributed by atoms with van der Waals surface area (Å²) < 4.78 is 0. The molecule has 0 aliphatic heterocycles. The Bertz CT molecular complexity index is 112. The average Bonchev–Trinajstić information content (AvgIpc) is 1.65. The lowest BCUT2D eigenvalue weighted by Crippen LogP contribution is -1.86. The quantitative estimate of drug-likeness (QED) is 0.476. The fourth-order valence-electron chi connectivity index (χ4n) is 0.552. The fourth-order valence-corrected chi connectivity index (χ4v) is 0.552. The number of hydrogen-bond donors (Lipinski definition) is 0. The van der Waals surface area contributed by atoms with Gasteiger partial charge in [-0.2, -0.15) is 0 Å². The molecule has 0 rings (SSSR count). The van der Waals surface area contributed by atoms with Gasteiger partial charge in [0.15, 0.2) is 0 Å². The smallest absolute Gasteiger partial charge is 0.00517 e. The molecule has 0 N–H and O–H groups in total. The van der Waals surface area contributed by atoms with Crippen molar-refractivity contribution >= 4 is 0 Å². The first kappa shape index (κ1) is 7.30. The molecule has 0 aromatic rings. The topological polar surface area (TPSA) is 0 Å². The summed E-state index contributed by atoms with van der Waals surface area (Å²) >= 11 is 0. The van der Waals surface area contributed by atoms with Crippen molar-refractivity contribution in [2.24, 2.45) is 5.92 Å². The molecule has 0 aliphatic rings. The Hall–Kier alpha value is -0.700. The van der Waals surface area contributed by atoms with Crippen molar-refractivity contribution in [1.29, 1.82) is 0 Å². The molecule has 44 valence electrons. The van der Waals surface area contributed by atoms with Gasteiger partial charge in [0.05, 0.1) is 0 Å². The van der Waals surface area contributed by atoms with Crippen LogP contribution in [0.25, 0.3) is 0 Å². The van der Waals surface area contributed by atoms with Gasteiger partial charge in [-0.1, -0.05) is 26.3 Å². The van der Waals surface area contributed by atoms with E-state index in [2.05, 4.69) is 26.3 Å². The van der Waals surface area contributed by atoms with Crippen LogP contribution in [0.1, 0.15) is 20.3 Å². The van der Waals surface area contributed by atoms with Crippen molar-refractivity contribution in [3.63, 3.8) is 0 Å². The van der Waals surface area contributed by atoms with E-state index in [0.717, 1.165) is 12.0 Å². The van der Waals surface area contributed by atoms with Gasteiger partial charge in [0, 0.05) is 0 Å². The van der Waals surface area contributed by atoms with Crippen LogP contribution in [0.2, 0.25) is 0 Å². The summed E-state index contributed by atoms with van der Waals surface area (Å²) in [5, 5.41) is 0. The Morgan fingerprint density at radius 3 is 2.38 bits per heavy atom. The lowest BCUT2D eigenvalue weighted by atomic mass is 10.1. The molecule has 0 saturated carbocycles. The molecule has 0 spiro atoms. The van der Waals surface area contributed by atoms with Crippen LogP contribution in [0.15, 0.2) is 12.2 Å². The minimum Gasteiger partial charge on any atom is -0.115 e. The highest BCUT2D eigenvalue weighted by molar-refractivity contribution is 5.21.